The number of hydrogen-bond donors (Lipinski definition) is 2. The molecule has 0 spiro atoms. The van der Waals surface area contributed by atoms with Gasteiger partial charge in [-0.2, -0.15) is 0 Å². The predicted octanol–water partition coefficient (Wildman–Crippen LogP) is 3.78. The van der Waals surface area contributed by atoms with Gasteiger partial charge in [-0.3, -0.25) is 4.79 Å². The van der Waals surface area contributed by atoms with E-state index in [0.717, 1.165) is 3.57 Å². The molecule has 2 aromatic carbocycles. The van der Waals surface area contributed by atoms with Crippen molar-refractivity contribution in [2.75, 3.05) is 11.1 Å². The molecule has 18 heavy (non-hydrogen) atoms. The average molecular weight is 373 g/mol. The zero-order valence-electron chi connectivity index (χ0n) is 9.28. The molecule has 0 atom stereocenters. The van der Waals surface area contributed by atoms with Crippen molar-refractivity contribution in [1.82, 2.24) is 0 Å². The van der Waals surface area contributed by atoms with Crippen LogP contribution in [0.25, 0.3) is 0 Å². The Hall–Kier alpha value is -1.27. The lowest BCUT2D eigenvalue weighted by Crippen LogP contribution is -2.12. The summed E-state index contributed by atoms with van der Waals surface area (Å²) in [6, 6.07) is 12.3. The van der Waals surface area contributed by atoms with Crippen LogP contribution in [0.2, 0.25) is 5.02 Å². The minimum atomic E-state index is -0.228. The standard InChI is InChI=1S/C13H10ClIN2O/c14-11-3-1-2-4-12(11)17-13(18)8-5-9(15)7-10(16)6-8/h1-7H,16H2,(H,17,18). The molecule has 0 unspecified atom stereocenters. The second-order valence-corrected chi connectivity index (χ2v) is 5.36. The summed E-state index contributed by atoms with van der Waals surface area (Å²) < 4.78 is 0.914. The molecule has 3 nitrogen and oxygen atoms in total. The third-order valence-corrected chi connectivity index (χ3v) is 3.26. The molecular formula is C13H10ClIN2O. The molecule has 0 aromatic heterocycles. The lowest BCUT2D eigenvalue weighted by molar-refractivity contribution is 0.102. The summed E-state index contributed by atoms with van der Waals surface area (Å²) in [7, 11) is 0. The molecule has 0 radical (unpaired) electrons. The van der Waals surface area contributed by atoms with Crippen molar-refractivity contribution < 1.29 is 4.79 Å². The van der Waals surface area contributed by atoms with E-state index in [4.69, 9.17) is 17.3 Å². The SMILES string of the molecule is Nc1cc(I)cc(C(=O)Nc2ccccc2Cl)c1. The topological polar surface area (TPSA) is 55.1 Å². The van der Waals surface area contributed by atoms with Crippen molar-refractivity contribution >= 4 is 51.5 Å². The Morgan fingerprint density at radius 1 is 1.22 bits per heavy atom. The van der Waals surface area contributed by atoms with Gasteiger partial charge in [0, 0.05) is 14.8 Å². The van der Waals surface area contributed by atoms with E-state index in [1.807, 2.05) is 6.07 Å². The molecule has 0 aliphatic carbocycles. The van der Waals surface area contributed by atoms with E-state index < -0.39 is 0 Å². The quantitative estimate of drug-likeness (QED) is 0.623. The maximum atomic E-state index is 12.0. The third-order valence-electron chi connectivity index (χ3n) is 2.30. The number of benzene rings is 2. The molecule has 2 rings (SSSR count). The van der Waals surface area contributed by atoms with Gasteiger partial charge in [-0.25, -0.2) is 0 Å². The highest BCUT2D eigenvalue weighted by atomic mass is 127. The highest BCUT2D eigenvalue weighted by Gasteiger charge is 2.09. The molecule has 0 heterocycles. The number of anilines is 2. The van der Waals surface area contributed by atoms with Crippen LogP contribution in [-0.2, 0) is 0 Å². The maximum absolute atomic E-state index is 12.0. The first-order chi connectivity index (χ1) is 8.56. The predicted molar refractivity (Wildman–Crippen MR) is 83.0 cm³/mol. The van der Waals surface area contributed by atoms with E-state index in [2.05, 4.69) is 27.9 Å². The lowest BCUT2D eigenvalue weighted by atomic mass is 10.2. The Morgan fingerprint density at radius 2 is 1.94 bits per heavy atom. The molecule has 0 bridgehead atoms. The van der Waals surface area contributed by atoms with Crippen LogP contribution < -0.4 is 11.1 Å². The van der Waals surface area contributed by atoms with Crippen LogP contribution in [0, 0.1) is 3.57 Å². The van der Waals surface area contributed by atoms with E-state index in [1.165, 1.54) is 0 Å². The van der Waals surface area contributed by atoms with Crippen molar-refractivity contribution in [2.45, 2.75) is 0 Å². The van der Waals surface area contributed by atoms with Gasteiger partial charge in [0.1, 0.15) is 0 Å². The molecule has 1 amide bonds. The number of hydrogen-bond acceptors (Lipinski definition) is 2. The number of para-hydroxylation sites is 1. The molecule has 0 saturated carbocycles. The molecule has 0 fully saturated rings. The minimum Gasteiger partial charge on any atom is -0.399 e. The third kappa shape index (κ3) is 3.14. The van der Waals surface area contributed by atoms with Crippen molar-refractivity contribution in [3.05, 3.63) is 56.6 Å². The number of carbonyl (C=O) groups excluding carboxylic acids is 1. The fourth-order valence-electron chi connectivity index (χ4n) is 1.50. The fraction of sp³-hybridized carbons (Fsp3) is 0. The van der Waals surface area contributed by atoms with Crippen LogP contribution >= 0.6 is 34.2 Å². The maximum Gasteiger partial charge on any atom is 0.255 e. The summed E-state index contributed by atoms with van der Waals surface area (Å²) >= 11 is 8.09. The van der Waals surface area contributed by atoms with Gasteiger partial charge in [-0.15, -0.1) is 0 Å². The number of nitrogens with two attached hydrogens (primary N) is 1. The summed E-state index contributed by atoms with van der Waals surface area (Å²) in [6.07, 6.45) is 0. The highest BCUT2D eigenvalue weighted by molar-refractivity contribution is 14.1. The van der Waals surface area contributed by atoms with Crippen LogP contribution in [0.1, 0.15) is 10.4 Å². The smallest absolute Gasteiger partial charge is 0.255 e. The number of carbonyl (C=O) groups is 1. The molecule has 0 saturated heterocycles. The number of nitrogen functional groups attached to an aromatic ring is 1. The van der Waals surface area contributed by atoms with Crippen LogP contribution in [-0.4, -0.2) is 5.91 Å². The van der Waals surface area contributed by atoms with Gasteiger partial charge in [0.2, 0.25) is 0 Å². The second kappa shape index (κ2) is 5.58. The normalized spacial score (nSPS) is 10.1. The van der Waals surface area contributed by atoms with Crippen LogP contribution in [0.5, 0.6) is 0 Å². The van der Waals surface area contributed by atoms with E-state index in [9.17, 15) is 4.79 Å². The number of nitrogens with one attached hydrogen (secondary N) is 1. The van der Waals surface area contributed by atoms with Gasteiger partial charge in [0.25, 0.3) is 5.91 Å². The van der Waals surface area contributed by atoms with Crippen molar-refractivity contribution in [3.8, 4) is 0 Å². The Kier molecular flexibility index (Phi) is 4.08. The first kappa shape index (κ1) is 13.2. The van der Waals surface area contributed by atoms with E-state index in [1.54, 1.807) is 36.4 Å². The second-order valence-electron chi connectivity index (χ2n) is 3.71. The van der Waals surface area contributed by atoms with Crippen molar-refractivity contribution in [1.29, 1.82) is 0 Å². The average Bonchev–Trinajstić information content (AvgIpc) is 2.31. The molecule has 0 aliphatic heterocycles. The molecule has 5 heteroatoms. The Labute approximate surface area is 123 Å². The monoisotopic (exact) mass is 372 g/mol. The number of halogens is 2. The first-order valence-corrected chi connectivity index (χ1v) is 6.64. The molecule has 0 aliphatic rings. The Morgan fingerprint density at radius 3 is 2.61 bits per heavy atom. The van der Waals surface area contributed by atoms with Gasteiger partial charge in [-0.05, 0) is 52.9 Å². The molecule has 3 N–H and O–H groups in total. The van der Waals surface area contributed by atoms with Crippen LogP contribution in [0.4, 0.5) is 11.4 Å². The van der Waals surface area contributed by atoms with E-state index >= 15 is 0 Å². The zero-order chi connectivity index (χ0) is 13.1. The van der Waals surface area contributed by atoms with Crippen LogP contribution in [0.15, 0.2) is 42.5 Å². The molecule has 92 valence electrons. The van der Waals surface area contributed by atoms with Gasteiger partial charge >= 0.3 is 0 Å². The van der Waals surface area contributed by atoms with Gasteiger partial charge in [0.15, 0.2) is 0 Å². The van der Waals surface area contributed by atoms with Gasteiger partial charge < -0.3 is 11.1 Å². The summed E-state index contributed by atoms with van der Waals surface area (Å²) in [5.74, 6) is -0.228. The lowest BCUT2D eigenvalue weighted by Gasteiger charge is -2.08. The van der Waals surface area contributed by atoms with Crippen molar-refractivity contribution in [2.24, 2.45) is 0 Å². The summed E-state index contributed by atoms with van der Waals surface area (Å²) in [4.78, 5) is 12.0. The summed E-state index contributed by atoms with van der Waals surface area (Å²) in [5, 5.41) is 3.26. The van der Waals surface area contributed by atoms with Gasteiger partial charge in [-0.1, -0.05) is 23.7 Å². The molecule has 2 aromatic rings. The fourth-order valence-corrected chi connectivity index (χ4v) is 2.38. The number of amides is 1. The highest BCUT2D eigenvalue weighted by Crippen LogP contribution is 2.22. The Bertz CT molecular complexity index is 581. The largest absolute Gasteiger partial charge is 0.399 e. The van der Waals surface area contributed by atoms with Gasteiger partial charge in [0.05, 0.1) is 10.7 Å². The van der Waals surface area contributed by atoms with Crippen molar-refractivity contribution in [3.63, 3.8) is 0 Å². The first-order valence-electron chi connectivity index (χ1n) is 5.18. The molecular weight excluding hydrogens is 363 g/mol. The summed E-state index contributed by atoms with van der Waals surface area (Å²) in [6.45, 7) is 0. The minimum absolute atomic E-state index is 0.228. The van der Waals surface area contributed by atoms with Crippen LogP contribution in [0.3, 0.4) is 0 Å². The number of rotatable bonds is 2. The zero-order valence-corrected chi connectivity index (χ0v) is 12.2. The van der Waals surface area contributed by atoms with E-state index in [-0.39, 0.29) is 5.91 Å². The Balaban J connectivity index is 2.25. The summed E-state index contributed by atoms with van der Waals surface area (Å²) in [5.41, 5.74) is 7.37. The van der Waals surface area contributed by atoms with E-state index in [0.29, 0.717) is 22.0 Å².